The molecular weight excluding hydrogens is 464 g/mol. The minimum absolute atomic E-state index is 0.121. The summed E-state index contributed by atoms with van der Waals surface area (Å²) < 4.78 is 17.1. The molecule has 0 aromatic rings. The summed E-state index contributed by atoms with van der Waals surface area (Å²) in [5, 5.41) is 11.3. The van der Waals surface area contributed by atoms with Crippen LogP contribution in [0.25, 0.3) is 0 Å². The van der Waals surface area contributed by atoms with Crippen molar-refractivity contribution in [3.05, 3.63) is 23.0 Å². The quantitative estimate of drug-likeness (QED) is 0.263. The monoisotopic (exact) mass is 500 g/mol. The number of ketones is 1. The molecule has 1 N–H and O–H groups in total. The molecule has 3 fully saturated rings. The number of allylic oxidation sites excluding steroid dienone is 3. The fourth-order valence-electron chi connectivity index (χ4n) is 9.58. The lowest BCUT2D eigenvalue weighted by Crippen LogP contribution is -2.71. The number of fused-ring (bicyclic) bond motifs is 3. The Bertz CT molecular complexity index is 1180. The first-order valence-corrected chi connectivity index (χ1v) is 12.7. The number of aliphatic hydroxyl groups is 1. The normalized spacial score (nSPS) is 46.3. The minimum Gasteiger partial charge on any atom is -0.511 e. The third-order valence-corrected chi connectivity index (χ3v) is 11.0. The molecule has 196 valence electrons. The smallest absolute Gasteiger partial charge is 0.321 e. The number of hydrogen-bond acceptors (Lipinski definition) is 8. The number of carbonyl (C=O) groups excluding carboxylic acids is 4. The van der Waals surface area contributed by atoms with Crippen molar-refractivity contribution in [1.82, 2.24) is 0 Å². The summed E-state index contributed by atoms with van der Waals surface area (Å²) in [5.41, 5.74) is -4.90. The second-order valence-electron chi connectivity index (χ2n) is 12.5. The molecule has 8 heteroatoms. The molecule has 0 amide bonds. The van der Waals surface area contributed by atoms with Gasteiger partial charge in [-0.05, 0) is 40.0 Å². The van der Waals surface area contributed by atoms with Gasteiger partial charge in [-0.15, -0.1) is 0 Å². The highest BCUT2D eigenvalue weighted by atomic mass is 16.6. The molecule has 2 saturated carbocycles. The molecule has 4 aliphatic carbocycles. The average Bonchev–Trinajstić information content (AvgIpc) is 3.12. The molecule has 5 rings (SSSR count). The number of rotatable bonds is 2. The van der Waals surface area contributed by atoms with Crippen molar-refractivity contribution in [1.29, 1.82) is 0 Å². The van der Waals surface area contributed by atoms with Crippen molar-refractivity contribution in [3.63, 3.8) is 0 Å². The average molecular weight is 501 g/mol. The Morgan fingerprint density at radius 2 is 1.78 bits per heavy atom. The second kappa shape index (κ2) is 7.01. The molecule has 0 unspecified atom stereocenters. The van der Waals surface area contributed by atoms with Crippen LogP contribution in [0.5, 0.6) is 0 Å². The number of carbonyl (C=O) groups is 4. The molecule has 2 bridgehead atoms. The summed E-state index contributed by atoms with van der Waals surface area (Å²) >= 11 is 0. The van der Waals surface area contributed by atoms with Crippen molar-refractivity contribution in [2.45, 2.75) is 79.9 Å². The van der Waals surface area contributed by atoms with Crippen molar-refractivity contribution >= 4 is 23.7 Å². The molecule has 1 heterocycles. The highest BCUT2D eigenvalue weighted by molar-refractivity contribution is 6.17. The maximum absolute atomic E-state index is 14.1. The molecule has 0 aromatic carbocycles. The van der Waals surface area contributed by atoms with E-state index in [0.29, 0.717) is 18.4 Å². The van der Waals surface area contributed by atoms with Crippen molar-refractivity contribution < 1.29 is 38.5 Å². The zero-order chi connectivity index (χ0) is 26.8. The molecule has 1 aliphatic heterocycles. The Balaban J connectivity index is 1.79. The fourth-order valence-corrected chi connectivity index (χ4v) is 9.58. The highest BCUT2D eigenvalue weighted by Gasteiger charge is 2.84. The molecule has 8 atom stereocenters. The Morgan fingerprint density at radius 1 is 1.14 bits per heavy atom. The Morgan fingerprint density at radius 3 is 2.36 bits per heavy atom. The lowest BCUT2D eigenvalue weighted by molar-refractivity contribution is -0.216. The largest absolute Gasteiger partial charge is 0.511 e. The van der Waals surface area contributed by atoms with Gasteiger partial charge in [-0.3, -0.25) is 19.2 Å². The summed E-state index contributed by atoms with van der Waals surface area (Å²) in [6.07, 6.45) is 2.14. The zero-order valence-electron chi connectivity index (χ0n) is 22.3. The van der Waals surface area contributed by atoms with E-state index in [2.05, 4.69) is 0 Å². The van der Waals surface area contributed by atoms with Crippen LogP contribution in [-0.2, 0) is 33.4 Å². The first kappa shape index (κ1) is 25.0. The third kappa shape index (κ3) is 2.29. The molecule has 36 heavy (non-hydrogen) atoms. The van der Waals surface area contributed by atoms with E-state index in [9.17, 15) is 24.3 Å². The Hall–Kier alpha value is -2.64. The number of esters is 3. The number of aliphatic hydroxyl groups excluding tert-OH is 1. The van der Waals surface area contributed by atoms with Gasteiger partial charge in [-0.2, -0.15) is 0 Å². The zero-order valence-corrected chi connectivity index (χ0v) is 22.3. The van der Waals surface area contributed by atoms with Gasteiger partial charge in [-0.1, -0.05) is 32.4 Å². The van der Waals surface area contributed by atoms with E-state index in [1.165, 1.54) is 14.0 Å². The Kier molecular flexibility index (Phi) is 4.88. The molecule has 5 aliphatic rings. The Labute approximate surface area is 211 Å². The van der Waals surface area contributed by atoms with E-state index in [-0.39, 0.29) is 41.7 Å². The van der Waals surface area contributed by atoms with Crippen LogP contribution >= 0.6 is 0 Å². The van der Waals surface area contributed by atoms with E-state index in [4.69, 9.17) is 14.2 Å². The van der Waals surface area contributed by atoms with Crippen LogP contribution in [0.3, 0.4) is 0 Å². The van der Waals surface area contributed by atoms with Gasteiger partial charge < -0.3 is 19.3 Å². The molecular formula is C28H36O8. The molecule has 8 nitrogen and oxygen atoms in total. The third-order valence-electron chi connectivity index (χ3n) is 11.0. The van der Waals surface area contributed by atoms with Crippen LogP contribution in [0.1, 0.15) is 67.7 Å². The van der Waals surface area contributed by atoms with Gasteiger partial charge in [0.15, 0.2) is 11.2 Å². The summed E-state index contributed by atoms with van der Waals surface area (Å²) in [6.45, 7) is 12.4. The summed E-state index contributed by atoms with van der Waals surface area (Å²) in [7, 11) is 1.26. The molecule has 1 saturated heterocycles. The van der Waals surface area contributed by atoms with Gasteiger partial charge in [0, 0.05) is 35.2 Å². The standard InChI is InChI=1S/C28H36O8/c1-13-11-17-25(6,28(23(33)34-8)21(31)14(2)20(30)26(13,28)7)12-16-19-24(4,5)18(35-15(3)29)9-10-27(17,19)22(32)36-16/h11,16-19,30H,9-10,12H2,1-8H3/t16-,17-,18-,19-,25-,26-,27+,28+/m1/s1. The van der Waals surface area contributed by atoms with Crippen LogP contribution < -0.4 is 0 Å². The fraction of sp³-hybridized carbons (Fsp3) is 0.714. The SMILES string of the molecule is COC(=O)[C@]12C(=O)C(C)=C(O)[C@@]1(C)C(C)=C[C@H]1[C@@]34CC[C@@H](OC(C)=O)C(C)(C)[C@H]3[C@@H](C[C@]12C)OC4=O. The van der Waals surface area contributed by atoms with Crippen molar-refractivity contribution in [3.8, 4) is 0 Å². The van der Waals surface area contributed by atoms with E-state index in [0.717, 1.165) is 0 Å². The van der Waals surface area contributed by atoms with Crippen LogP contribution in [0.15, 0.2) is 23.0 Å². The number of methoxy groups -OCH3 is 1. The minimum atomic E-state index is -1.74. The lowest BCUT2D eigenvalue weighted by atomic mass is 9.33. The van der Waals surface area contributed by atoms with E-state index in [1.807, 2.05) is 33.8 Å². The van der Waals surface area contributed by atoms with Gasteiger partial charge in [-0.25, -0.2) is 0 Å². The number of ether oxygens (including phenoxy) is 3. The predicted molar refractivity (Wildman–Crippen MR) is 127 cm³/mol. The van der Waals surface area contributed by atoms with E-state index in [1.54, 1.807) is 13.8 Å². The van der Waals surface area contributed by atoms with Crippen LogP contribution in [0.2, 0.25) is 0 Å². The summed E-state index contributed by atoms with van der Waals surface area (Å²) in [6, 6.07) is 0. The van der Waals surface area contributed by atoms with Crippen molar-refractivity contribution in [2.24, 2.45) is 38.9 Å². The van der Waals surface area contributed by atoms with Crippen LogP contribution in [0, 0.1) is 38.9 Å². The topological polar surface area (TPSA) is 116 Å². The van der Waals surface area contributed by atoms with Gasteiger partial charge in [0.1, 0.15) is 18.0 Å². The van der Waals surface area contributed by atoms with Gasteiger partial charge >= 0.3 is 17.9 Å². The lowest BCUT2D eigenvalue weighted by Gasteiger charge is -2.66. The second-order valence-corrected chi connectivity index (χ2v) is 12.5. The maximum Gasteiger partial charge on any atom is 0.321 e. The predicted octanol–water partition coefficient (Wildman–Crippen LogP) is 3.83. The van der Waals surface area contributed by atoms with Gasteiger partial charge in [0.2, 0.25) is 0 Å². The number of hydrogen-bond donors (Lipinski definition) is 1. The van der Waals surface area contributed by atoms with Gasteiger partial charge in [0.25, 0.3) is 0 Å². The van der Waals surface area contributed by atoms with Crippen LogP contribution in [-0.4, -0.2) is 48.1 Å². The van der Waals surface area contributed by atoms with E-state index >= 15 is 0 Å². The van der Waals surface area contributed by atoms with Crippen LogP contribution in [0.4, 0.5) is 0 Å². The first-order chi connectivity index (χ1) is 16.6. The first-order valence-electron chi connectivity index (χ1n) is 12.7. The van der Waals surface area contributed by atoms with Crippen molar-refractivity contribution in [2.75, 3.05) is 7.11 Å². The molecule has 0 aromatic heterocycles. The molecule has 0 radical (unpaired) electrons. The number of Topliss-reactive ketones (excluding diaryl/α,β-unsaturated/α-hetero) is 1. The highest BCUT2D eigenvalue weighted by Crippen LogP contribution is 2.79. The van der Waals surface area contributed by atoms with E-state index < -0.39 is 50.8 Å². The molecule has 0 spiro atoms. The van der Waals surface area contributed by atoms with Gasteiger partial charge in [0.05, 0.1) is 17.9 Å². The maximum atomic E-state index is 14.1. The summed E-state index contributed by atoms with van der Waals surface area (Å²) in [5.74, 6) is -2.77. The summed E-state index contributed by atoms with van der Waals surface area (Å²) in [4.78, 5) is 53.7.